The van der Waals surface area contributed by atoms with E-state index in [4.69, 9.17) is 30.8 Å². The molecular formula is C31H41ClF2N4O5SSi. The van der Waals surface area contributed by atoms with Crippen molar-refractivity contribution in [3.8, 4) is 0 Å². The Balaban J connectivity index is 2.12. The van der Waals surface area contributed by atoms with E-state index in [1.165, 1.54) is 48.7 Å². The molecule has 0 radical (unpaired) electrons. The fourth-order valence-electron chi connectivity index (χ4n) is 4.51. The Kier molecular flexibility index (Phi) is 11.6. The van der Waals surface area contributed by atoms with Gasteiger partial charge in [-0.1, -0.05) is 49.1 Å². The van der Waals surface area contributed by atoms with Crippen LogP contribution in [-0.2, 0) is 24.5 Å². The molecule has 1 aromatic carbocycles. The number of amidine groups is 1. The predicted molar refractivity (Wildman–Crippen MR) is 177 cm³/mol. The van der Waals surface area contributed by atoms with Gasteiger partial charge in [-0.15, -0.1) is 0 Å². The van der Waals surface area contributed by atoms with Gasteiger partial charge in [-0.25, -0.2) is 28.4 Å². The summed E-state index contributed by atoms with van der Waals surface area (Å²) in [6.07, 6.45) is 2.87. The summed E-state index contributed by atoms with van der Waals surface area (Å²) < 4.78 is 46.2. The molecule has 0 fully saturated rings. The van der Waals surface area contributed by atoms with Gasteiger partial charge in [0.25, 0.3) is 0 Å². The zero-order valence-corrected chi connectivity index (χ0v) is 29.7. The van der Waals surface area contributed by atoms with Gasteiger partial charge in [0, 0.05) is 26.7 Å². The van der Waals surface area contributed by atoms with Gasteiger partial charge in [0.1, 0.15) is 33.7 Å². The summed E-state index contributed by atoms with van der Waals surface area (Å²) >= 11 is 6.78. The number of ether oxygens (including phenoxy) is 3. The van der Waals surface area contributed by atoms with Crippen LogP contribution in [-0.4, -0.2) is 71.0 Å². The molecule has 2 aromatic rings. The molecular weight excluding hydrogens is 642 g/mol. The molecule has 1 aliphatic heterocycles. The highest BCUT2D eigenvalue weighted by Gasteiger charge is 2.50. The highest BCUT2D eigenvalue weighted by atomic mass is 35.5. The van der Waals surface area contributed by atoms with E-state index in [-0.39, 0.29) is 34.7 Å². The van der Waals surface area contributed by atoms with Crippen LogP contribution in [0.3, 0.4) is 0 Å². The molecule has 2 heterocycles. The number of nitrogens with zero attached hydrogens (tertiary/aromatic N) is 4. The smallest absolute Gasteiger partial charge is 0.418 e. The number of thioether (sulfide) groups is 1. The van der Waals surface area contributed by atoms with Crippen LogP contribution < -0.4 is 0 Å². The molecule has 14 heteroatoms. The zero-order chi connectivity index (χ0) is 33.8. The lowest BCUT2D eigenvalue weighted by atomic mass is 9.82. The maximum absolute atomic E-state index is 15.6. The molecule has 0 saturated carbocycles. The van der Waals surface area contributed by atoms with Crippen LogP contribution >= 0.6 is 23.4 Å². The highest BCUT2D eigenvalue weighted by Crippen LogP contribution is 2.48. The summed E-state index contributed by atoms with van der Waals surface area (Å²) in [5, 5.41) is 0.213. The van der Waals surface area contributed by atoms with E-state index in [1.807, 2.05) is 0 Å². The quantitative estimate of drug-likeness (QED) is 0.114. The number of carbonyl (C=O) groups excluding carboxylic acids is 2. The van der Waals surface area contributed by atoms with Crippen molar-refractivity contribution in [2.45, 2.75) is 82.6 Å². The second kappa shape index (κ2) is 14.3. The number of carbonyl (C=O) groups is 2. The summed E-state index contributed by atoms with van der Waals surface area (Å²) in [5.41, 5.74) is -1.88. The maximum atomic E-state index is 15.6. The fraction of sp³-hybridized carbons (Fsp3) is 0.516. The van der Waals surface area contributed by atoms with Gasteiger partial charge in [-0.3, -0.25) is 9.79 Å². The van der Waals surface area contributed by atoms with Gasteiger partial charge in [0.15, 0.2) is 11.0 Å². The van der Waals surface area contributed by atoms with Crippen molar-refractivity contribution in [3.05, 3.63) is 58.4 Å². The van der Waals surface area contributed by atoms with Gasteiger partial charge in [-0.2, -0.15) is 0 Å². The van der Waals surface area contributed by atoms with Crippen molar-refractivity contribution >= 4 is 60.6 Å². The minimum absolute atomic E-state index is 0.00864. The van der Waals surface area contributed by atoms with E-state index in [2.05, 4.69) is 29.6 Å². The Bertz CT molecular complexity index is 1470. The third-order valence-corrected chi connectivity index (χ3v) is 9.90. The van der Waals surface area contributed by atoms with Crippen LogP contribution in [0, 0.1) is 5.82 Å². The van der Waals surface area contributed by atoms with E-state index in [1.54, 1.807) is 34.6 Å². The second-order valence-corrected chi connectivity index (χ2v) is 20.9. The Morgan fingerprint density at radius 2 is 1.87 bits per heavy atom. The van der Waals surface area contributed by atoms with Gasteiger partial charge >= 0.3 is 12.1 Å². The molecule has 1 aromatic heterocycles. The van der Waals surface area contributed by atoms with Gasteiger partial charge < -0.3 is 14.2 Å². The Labute approximate surface area is 273 Å². The summed E-state index contributed by atoms with van der Waals surface area (Å²) in [6, 6.07) is 4.92. The number of aliphatic imine (C=N–C) groups is 1. The lowest BCUT2D eigenvalue weighted by Gasteiger charge is -2.42. The van der Waals surface area contributed by atoms with E-state index < -0.39 is 47.7 Å². The number of benzene rings is 1. The van der Waals surface area contributed by atoms with Crippen LogP contribution in [0.25, 0.3) is 11.9 Å². The zero-order valence-electron chi connectivity index (χ0n) is 27.2. The first kappa shape index (κ1) is 36.6. The standard InChI is InChI=1S/C31H41ClF2N4O5SSi/c1-29(2,3)43-28(40)38(19-42-12-13-45(7,8)9)27-37-30(4,18-31(5,44-27)26(39)41-6)21-14-20(10-11-22(21)33)15-23(34)24-16-36-25(32)17-35-24/h10-11,14-17H,12-13,18-19H2,1-9H3/b23-15-/t30-,31?/m0/s1. The van der Waals surface area contributed by atoms with Crippen LogP contribution in [0.2, 0.25) is 30.8 Å². The first-order valence-electron chi connectivity index (χ1n) is 14.4. The van der Waals surface area contributed by atoms with Gasteiger partial charge in [0.2, 0.25) is 0 Å². The highest BCUT2D eigenvalue weighted by molar-refractivity contribution is 8.15. The molecule has 0 N–H and O–H groups in total. The molecule has 9 nitrogen and oxygen atoms in total. The molecule has 1 aliphatic rings. The van der Waals surface area contributed by atoms with E-state index in [9.17, 15) is 9.59 Å². The fourth-order valence-corrected chi connectivity index (χ4v) is 6.77. The average Bonchev–Trinajstić information content (AvgIpc) is 2.91. The third kappa shape index (κ3) is 10.1. The molecule has 1 amide bonds. The number of halogens is 3. The summed E-state index contributed by atoms with van der Waals surface area (Å²) in [4.78, 5) is 40.6. The first-order chi connectivity index (χ1) is 20.7. The first-order valence-corrected chi connectivity index (χ1v) is 19.3. The molecule has 2 atom stereocenters. The van der Waals surface area contributed by atoms with E-state index >= 15 is 8.78 Å². The van der Waals surface area contributed by atoms with E-state index in [0.29, 0.717) is 12.2 Å². The number of aromatic nitrogens is 2. The summed E-state index contributed by atoms with van der Waals surface area (Å²) in [6.45, 7) is 15.3. The van der Waals surface area contributed by atoms with Crippen LogP contribution in [0.15, 0.2) is 35.6 Å². The Hall–Kier alpha value is -2.87. The Morgan fingerprint density at radius 1 is 1.18 bits per heavy atom. The average molecular weight is 683 g/mol. The molecule has 3 rings (SSSR count). The third-order valence-electron chi connectivity index (χ3n) is 6.75. The minimum Gasteiger partial charge on any atom is -0.468 e. The van der Waals surface area contributed by atoms with Crippen molar-refractivity contribution in [3.63, 3.8) is 0 Å². The molecule has 0 saturated heterocycles. The summed E-state index contributed by atoms with van der Waals surface area (Å²) in [7, 11) is -0.174. The number of hydrogen-bond acceptors (Lipinski definition) is 9. The topological polar surface area (TPSA) is 103 Å². The van der Waals surface area contributed by atoms with Crippen LogP contribution in [0.5, 0.6) is 0 Å². The van der Waals surface area contributed by atoms with Gasteiger partial charge in [0.05, 0.1) is 25.0 Å². The Morgan fingerprint density at radius 3 is 2.44 bits per heavy atom. The molecule has 1 unspecified atom stereocenters. The molecule has 0 aliphatic carbocycles. The van der Waals surface area contributed by atoms with Crippen LogP contribution in [0.1, 0.15) is 57.9 Å². The van der Waals surface area contributed by atoms with Crippen LogP contribution in [0.4, 0.5) is 13.6 Å². The molecule has 246 valence electrons. The van der Waals surface area contributed by atoms with Crippen molar-refractivity contribution in [2.24, 2.45) is 4.99 Å². The van der Waals surface area contributed by atoms with Crippen molar-refractivity contribution < 1.29 is 32.6 Å². The number of amides is 1. The van der Waals surface area contributed by atoms with Crippen molar-refractivity contribution in [1.82, 2.24) is 14.9 Å². The number of methoxy groups -OCH3 is 1. The van der Waals surface area contributed by atoms with Crippen molar-refractivity contribution in [2.75, 3.05) is 20.4 Å². The number of esters is 1. The largest absolute Gasteiger partial charge is 0.468 e. The second-order valence-electron chi connectivity index (χ2n) is 13.4. The van der Waals surface area contributed by atoms with E-state index in [0.717, 1.165) is 17.8 Å². The molecule has 0 bridgehead atoms. The molecule has 45 heavy (non-hydrogen) atoms. The lowest BCUT2D eigenvalue weighted by molar-refractivity contribution is -0.143. The SMILES string of the molecule is COC(=O)C1(C)C[C@@](C)(c2cc(/C=C(\F)c3cnc(Cl)cn3)ccc2F)N=C(N(COCC[Si](C)(C)C)C(=O)OC(C)(C)C)S1. The monoisotopic (exact) mass is 682 g/mol. The normalized spacial score (nSPS) is 20.8. The summed E-state index contributed by atoms with van der Waals surface area (Å²) in [5.74, 6) is -1.92. The maximum Gasteiger partial charge on any atom is 0.418 e. The van der Waals surface area contributed by atoms with Crippen molar-refractivity contribution in [1.29, 1.82) is 0 Å². The lowest BCUT2D eigenvalue weighted by Crippen LogP contribution is -2.50. The number of hydrogen-bond donors (Lipinski definition) is 0. The van der Waals surface area contributed by atoms with Gasteiger partial charge in [-0.05, 0) is 64.4 Å². The predicted octanol–water partition coefficient (Wildman–Crippen LogP) is 7.93. The number of rotatable bonds is 9. The molecule has 0 spiro atoms. The minimum atomic E-state index is -1.43.